The van der Waals surface area contributed by atoms with Gasteiger partial charge >= 0.3 is 0 Å². The quantitative estimate of drug-likeness (QED) is 0.616. The van der Waals surface area contributed by atoms with Gasteiger partial charge in [-0.25, -0.2) is 4.90 Å². The number of rotatable bonds is 2. The van der Waals surface area contributed by atoms with Crippen LogP contribution in [0.15, 0.2) is 42.7 Å². The highest BCUT2D eigenvalue weighted by Gasteiger charge is 2.37. The number of amides is 2. The molecule has 0 fully saturated rings. The van der Waals surface area contributed by atoms with E-state index in [2.05, 4.69) is 4.98 Å². The number of hydrogen-bond donors (Lipinski definition) is 0. The second kappa shape index (κ2) is 4.38. The minimum absolute atomic E-state index is 0.199. The van der Waals surface area contributed by atoms with Crippen LogP contribution in [0.3, 0.4) is 0 Å². The van der Waals surface area contributed by atoms with Gasteiger partial charge in [-0.05, 0) is 25.1 Å². The lowest BCUT2D eigenvalue weighted by Crippen LogP contribution is -2.30. The van der Waals surface area contributed by atoms with Crippen molar-refractivity contribution in [2.75, 3.05) is 4.90 Å². The van der Waals surface area contributed by atoms with Crippen molar-refractivity contribution in [1.82, 2.24) is 4.98 Å². The Labute approximate surface area is 114 Å². The van der Waals surface area contributed by atoms with Gasteiger partial charge < -0.3 is 0 Å². The predicted molar refractivity (Wildman–Crippen MR) is 71.8 cm³/mol. The van der Waals surface area contributed by atoms with Gasteiger partial charge in [-0.15, -0.1) is 0 Å². The zero-order chi connectivity index (χ0) is 14.3. The first kappa shape index (κ1) is 12.2. The normalized spacial score (nSPS) is 13.6. The number of Topliss-reactive ketones (excluding diaryl/α,β-unsaturated/α-hetero) is 1. The minimum Gasteiger partial charge on any atom is -0.294 e. The number of benzene rings is 1. The molecule has 0 spiro atoms. The number of carbonyl (C=O) groups is 3. The fourth-order valence-electron chi connectivity index (χ4n) is 2.27. The van der Waals surface area contributed by atoms with Crippen molar-refractivity contribution in [2.45, 2.75) is 6.92 Å². The van der Waals surface area contributed by atoms with Crippen LogP contribution in [0.25, 0.3) is 0 Å². The molecule has 0 saturated heterocycles. The maximum absolute atomic E-state index is 12.3. The van der Waals surface area contributed by atoms with Crippen LogP contribution < -0.4 is 4.90 Å². The molecule has 1 aliphatic heterocycles. The number of ketones is 1. The van der Waals surface area contributed by atoms with E-state index in [1.54, 1.807) is 24.3 Å². The average Bonchev–Trinajstić information content (AvgIpc) is 2.71. The highest BCUT2D eigenvalue weighted by molar-refractivity contribution is 6.35. The van der Waals surface area contributed by atoms with Gasteiger partial charge in [0.1, 0.15) is 0 Å². The molecule has 2 aromatic rings. The van der Waals surface area contributed by atoms with Gasteiger partial charge in [-0.1, -0.05) is 12.1 Å². The predicted octanol–water partition coefficient (Wildman–Crippen LogP) is 2.08. The molecule has 0 saturated carbocycles. The van der Waals surface area contributed by atoms with Crippen molar-refractivity contribution in [3.8, 4) is 0 Å². The molecule has 0 bridgehead atoms. The summed E-state index contributed by atoms with van der Waals surface area (Å²) in [6.45, 7) is 1.40. The van der Waals surface area contributed by atoms with Gasteiger partial charge in [0.25, 0.3) is 11.8 Å². The third-order valence-electron chi connectivity index (χ3n) is 3.21. The topological polar surface area (TPSA) is 67.3 Å². The highest BCUT2D eigenvalue weighted by atomic mass is 16.2. The Hall–Kier alpha value is -2.82. The summed E-state index contributed by atoms with van der Waals surface area (Å²) >= 11 is 0. The van der Waals surface area contributed by atoms with Crippen LogP contribution in [0.5, 0.6) is 0 Å². The molecule has 2 amide bonds. The lowest BCUT2D eigenvalue weighted by atomic mass is 10.1. The van der Waals surface area contributed by atoms with Crippen LogP contribution in [-0.2, 0) is 0 Å². The summed E-state index contributed by atoms with van der Waals surface area (Å²) in [7, 11) is 0. The number of imide groups is 1. The lowest BCUT2D eigenvalue weighted by molar-refractivity contribution is 0.0926. The molecule has 0 aliphatic carbocycles. The molecule has 98 valence electrons. The van der Waals surface area contributed by atoms with Crippen molar-refractivity contribution in [2.24, 2.45) is 0 Å². The lowest BCUT2D eigenvalue weighted by Gasteiger charge is -2.16. The summed E-state index contributed by atoms with van der Waals surface area (Å²) in [4.78, 5) is 41.2. The molecule has 1 aromatic heterocycles. The Bertz CT molecular complexity index is 717. The van der Waals surface area contributed by atoms with Crippen LogP contribution >= 0.6 is 0 Å². The van der Waals surface area contributed by atoms with Gasteiger partial charge in [0.2, 0.25) is 0 Å². The molecule has 0 unspecified atom stereocenters. The van der Waals surface area contributed by atoms with E-state index in [0.717, 1.165) is 4.90 Å². The largest absolute Gasteiger partial charge is 0.294 e. The third-order valence-corrected chi connectivity index (χ3v) is 3.21. The molecular weight excluding hydrogens is 256 g/mol. The second-order valence-electron chi connectivity index (χ2n) is 4.44. The first-order chi connectivity index (χ1) is 9.61. The molecule has 2 heterocycles. The molecule has 5 nitrogen and oxygen atoms in total. The molecule has 1 aromatic carbocycles. The standard InChI is InChI=1S/C15H10N2O3/c1-9(18)10-4-2-3-5-13(10)17-14(19)11-6-7-16-8-12(11)15(17)20/h2-8H,1H3. The fraction of sp³-hybridized carbons (Fsp3) is 0.0667. The number of carbonyl (C=O) groups excluding carboxylic acids is 3. The van der Waals surface area contributed by atoms with Crippen molar-refractivity contribution >= 4 is 23.3 Å². The van der Waals surface area contributed by atoms with Crippen molar-refractivity contribution in [3.05, 3.63) is 59.4 Å². The molecular formula is C15H10N2O3. The van der Waals surface area contributed by atoms with Crippen LogP contribution in [-0.4, -0.2) is 22.6 Å². The zero-order valence-corrected chi connectivity index (χ0v) is 10.7. The first-order valence-electron chi connectivity index (χ1n) is 6.04. The number of para-hydroxylation sites is 1. The highest BCUT2D eigenvalue weighted by Crippen LogP contribution is 2.30. The van der Waals surface area contributed by atoms with Crippen LogP contribution in [0.1, 0.15) is 38.0 Å². The molecule has 20 heavy (non-hydrogen) atoms. The van der Waals surface area contributed by atoms with Crippen LogP contribution in [0, 0.1) is 0 Å². The van der Waals surface area contributed by atoms with Crippen LogP contribution in [0.4, 0.5) is 5.69 Å². The second-order valence-corrected chi connectivity index (χ2v) is 4.44. The Morgan fingerprint density at radius 3 is 2.45 bits per heavy atom. The number of fused-ring (bicyclic) bond motifs is 1. The SMILES string of the molecule is CC(=O)c1ccccc1N1C(=O)c2ccncc2C1=O. The van der Waals surface area contributed by atoms with E-state index in [0.29, 0.717) is 16.8 Å². The molecule has 5 heteroatoms. The van der Waals surface area contributed by atoms with Gasteiger partial charge in [0.15, 0.2) is 5.78 Å². The summed E-state index contributed by atoms with van der Waals surface area (Å²) in [5, 5.41) is 0. The Kier molecular flexibility index (Phi) is 2.68. The minimum atomic E-state index is -0.452. The summed E-state index contributed by atoms with van der Waals surface area (Å²) in [6.07, 6.45) is 2.83. The molecule has 3 rings (SSSR count). The van der Waals surface area contributed by atoms with E-state index in [9.17, 15) is 14.4 Å². The Morgan fingerprint density at radius 1 is 1.05 bits per heavy atom. The molecule has 0 atom stereocenters. The maximum atomic E-state index is 12.3. The molecule has 0 radical (unpaired) electrons. The molecule has 1 aliphatic rings. The van der Waals surface area contributed by atoms with E-state index in [4.69, 9.17) is 0 Å². The number of nitrogens with zero attached hydrogens (tertiary/aromatic N) is 2. The summed E-state index contributed by atoms with van der Waals surface area (Å²) in [5.74, 6) is -1.08. The summed E-state index contributed by atoms with van der Waals surface area (Å²) in [5.41, 5.74) is 1.22. The van der Waals surface area contributed by atoms with Crippen LogP contribution in [0.2, 0.25) is 0 Å². The van der Waals surface area contributed by atoms with Crippen molar-refractivity contribution in [3.63, 3.8) is 0 Å². The van der Waals surface area contributed by atoms with Crippen molar-refractivity contribution < 1.29 is 14.4 Å². The van der Waals surface area contributed by atoms with E-state index in [1.807, 2.05) is 0 Å². The van der Waals surface area contributed by atoms with E-state index in [-0.39, 0.29) is 11.3 Å². The summed E-state index contributed by atoms with van der Waals surface area (Å²) in [6, 6.07) is 8.07. The first-order valence-corrected chi connectivity index (χ1v) is 6.04. The third kappa shape index (κ3) is 1.64. The number of anilines is 1. The van der Waals surface area contributed by atoms with E-state index >= 15 is 0 Å². The Morgan fingerprint density at radius 2 is 1.75 bits per heavy atom. The number of pyridine rings is 1. The summed E-state index contributed by atoms with van der Waals surface area (Å²) < 4.78 is 0. The zero-order valence-electron chi connectivity index (χ0n) is 10.7. The van der Waals surface area contributed by atoms with Gasteiger partial charge in [0.05, 0.1) is 16.8 Å². The fourth-order valence-corrected chi connectivity index (χ4v) is 2.27. The Balaban J connectivity index is 2.17. The average molecular weight is 266 g/mol. The molecule has 0 N–H and O–H groups in total. The monoisotopic (exact) mass is 266 g/mol. The van der Waals surface area contributed by atoms with E-state index < -0.39 is 11.8 Å². The van der Waals surface area contributed by atoms with Gasteiger partial charge in [0, 0.05) is 18.0 Å². The van der Waals surface area contributed by atoms with Crippen molar-refractivity contribution in [1.29, 1.82) is 0 Å². The van der Waals surface area contributed by atoms with E-state index in [1.165, 1.54) is 25.4 Å². The van der Waals surface area contributed by atoms with Gasteiger partial charge in [-0.3, -0.25) is 19.4 Å². The maximum Gasteiger partial charge on any atom is 0.267 e. The number of aromatic nitrogens is 1. The smallest absolute Gasteiger partial charge is 0.267 e. The number of hydrogen-bond acceptors (Lipinski definition) is 4. The van der Waals surface area contributed by atoms with Gasteiger partial charge in [-0.2, -0.15) is 0 Å².